The predicted octanol–water partition coefficient (Wildman–Crippen LogP) is 3.94. The largest absolute Gasteiger partial charge is 0.465 e. The van der Waals surface area contributed by atoms with Crippen molar-refractivity contribution in [2.75, 3.05) is 18.2 Å². The number of hydrogen-bond donors (Lipinski definition) is 1. The summed E-state index contributed by atoms with van der Waals surface area (Å²) in [5, 5.41) is 12.6. The van der Waals surface area contributed by atoms with E-state index in [1.165, 1.54) is 35.1 Å². The number of thiophene rings is 1. The highest BCUT2D eigenvalue weighted by molar-refractivity contribution is 7.99. The van der Waals surface area contributed by atoms with Crippen LogP contribution in [-0.2, 0) is 29.4 Å². The van der Waals surface area contributed by atoms with Crippen LogP contribution in [-0.4, -0.2) is 39.5 Å². The van der Waals surface area contributed by atoms with Crippen LogP contribution in [0.1, 0.15) is 33.6 Å². The second-order valence-corrected chi connectivity index (χ2v) is 9.02. The molecule has 0 saturated heterocycles. The quantitative estimate of drug-likeness (QED) is 0.460. The predicted molar refractivity (Wildman–Crippen MR) is 118 cm³/mol. The number of aryl methyl sites for hydroxylation is 1. The fourth-order valence-electron chi connectivity index (χ4n) is 3.54. The van der Waals surface area contributed by atoms with Gasteiger partial charge in [-0.1, -0.05) is 42.1 Å². The van der Waals surface area contributed by atoms with Gasteiger partial charge in [-0.25, -0.2) is 4.79 Å². The molecule has 0 unspecified atom stereocenters. The molecule has 0 saturated carbocycles. The molecule has 1 N–H and O–H groups in total. The number of rotatable bonds is 6. The molecule has 1 aromatic carbocycles. The minimum atomic E-state index is -0.391. The van der Waals surface area contributed by atoms with Crippen LogP contribution in [0.15, 0.2) is 35.5 Å². The Labute approximate surface area is 182 Å². The molecule has 3 aromatic rings. The molecule has 0 spiro atoms. The zero-order valence-corrected chi connectivity index (χ0v) is 18.4. The van der Waals surface area contributed by atoms with Crippen LogP contribution in [0, 0.1) is 0 Å². The fourth-order valence-corrected chi connectivity index (χ4v) is 5.55. The Kier molecular flexibility index (Phi) is 6.19. The van der Waals surface area contributed by atoms with Gasteiger partial charge in [0.1, 0.15) is 5.00 Å². The summed E-state index contributed by atoms with van der Waals surface area (Å²) in [7, 11) is 3.25. The van der Waals surface area contributed by atoms with Gasteiger partial charge in [0.15, 0.2) is 11.0 Å². The molecule has 0 radical (unpaired) electrons. The molecule has 0 aliphatic heterocycles. The second kappa shape index (κ2) is 9.01. The summed E-state index contributed by atoms with van der Waals surface area (Å²) in [6, 6.07) is 9.79. The number of carbonyl (C=O) groups excluding carboxylic acids is 2. The van der Waals surface area contributed by atoms with Gasteiger partial charge in [0.25, 0.3) is 0 Å². The lowest BCUT2D eigenvalue weighted by Gasteiger charge is -2.11. The van der Waals surface area contributed by atoms with Crippen LogP contribution in [0.25, 0.3) is 11.4 Å². The lowest BCUT2D eigenvalue weighted by atomic mass is 9.95. The Morgan fingerprint density at radius 1 is 1.20 bits per heavy atom. The van der Waals surface area contributed by atoms with Crippen LogP contribution >= 0.6 is 23.1 Å². The van der Waals surface area contributed by atoms with E-state index in [9.17, 15) is 9.59 Å². The first-order chi connectivity index (χ1) is 14.6. The van der Waals surface area contributed by atoms with Gasteiger partial charge in [0, 0.05) is 17.5 Å². The maximum atomic E-state index is 12.6. The molecule has 1 aliphatic carbocycles. The number of amides is 1. The van der Waals surface area contributed by atoms with Crippen molar-refractivity contribution in [1.82, 2.24) is 14.8 Å². The first-order valence-electron chi connectivity index (χ1n) is 9.68. The number of esters is 1. The third kappa shape index (κ3) is 4.13. The first-order valence-corrected chi connectivity index (χ1v) is 11.5. The molecule has 0 atom stereocenters. The molecular weight excluding hydrogens is 420 g/mol. The molecule has 2 heterocycles. The van der Waals surface area contributed by atoms with E-state index in [-0.39, 0.29) is 11.7 Å². The van der Waals surface area contributed by atoms with Gasteiger partial charge in [-0.15, -0.1) is 21.5 Å². The van der Waals surface area contributed by atoms with E-state index in [1.807, 2.05) is 41.9 Å². The third-order valence-electron chi connectivity index (χ3n) is 5.01. The average molecular weight is 443 g/mol. The number of nitrogens with zero attached hydrogens (tertiary/aromatic N) is 3. The van der Waals surface area contributed by atoms with Crippen molar-refractivity contribution < 1.29 is 14.3 Å². The fraction of sp³-hybridized carbons (Fsp3) is 0.333. The summed E-state index contributed by atoms with van der Waals surface area (Å²) >= 11 is 2.80. The van der Waals surface area contributed by atoms with Crippen molar-refractivity contribution in [2.45, 2.75) is 30.8 Å². The number of thioether (sulfide) groups is 1. The van der Waals surface area contributed by atoms with E-state index >= 15 is 0 Å². The van der Waals surface area contributed by atoms with Gasteiger partial charge in [-0.2, -0.15) is 0 Å². The van der Waals surface area contributed by atoms with Crippen molar-refractivity contribution in [3.8, 4) is 11.4 Å². The van der Waals surface area contributed by atoms with Crippen LogP contribution in [0.2, 0.25) is 0 Å². The normalized spacial score (nSPS) is 13.0. The van der Waals surface area contributed by atoms with Crippen LogP contribution in [0.3, 0.4) is 0 Å². The molecule has 0 bridgehead atoms. The summed E-state index contributed by atoms with van der Waals surface area (Å²) in [5.74, 6) is 0.341. The summed E-state index contributed by atoms with van der Waals surface area (Å²) in [6.07, 6.45) is 3.94. The van der Waals surface area contributed by atoms with E-state index in [4.69, 9.17) is 4.74 Å². The second-order valence-electron chi connectivity index (χ2n) is 6.97. The monoisotopic (exact) mass is 442 g/mol. The molecule has 2 aromatic heterocycles. The van der Waals surface area contributed by atoms with Crippen molar-refractivity contribution in [3.63, 3.8) is 0 Å². The molecule has 7 nitrogen and oxygen atoms in total. The van der Waals surface area contributed by atoms with Crippen molar-refractivity contribution >= 4 is 40.0 Å². The highest BCUT2D eigenvalue weighted by atomic mass is 32.2. The van der Waals surface area contributed by atoms with E-state index in [1.54, 1.807) is 0 Å². The Morgan fingerprint density at radius 3 is 2.73 bits per heavy atom. The van der Waals surface area contributed by atoms with Crippen LogP contribution in [0.5, 0.6) is 0 Å². The van der Waals surface area contributed by atoms with Gasteiger partial charge >= 0.3 is 5.97 Å². The Hall–Kier alpha value is -2.65. The zero-order chi connectivity index (χ0) is 21.1. The molecule has 4 rings (SSSR count). The molecular formula is C21H22N4O3S2. The van der Waals surface area contributed by atoms with Crippen LogP contribution < -0.4 is 5.32 Å². The first kappa shape index (κ1) is 20.6. The maximum absolute atomic E-state index is 12.6. The number of anilines is 1. The van der Waals surface area contributed by atoms with E-state index in [0.29, 0.717) is 15.7 Å². The van der Waals surface area contributed by atoms with E-state index in [2.05, 4.69) is 15.5 Å². The van der Waals surface area contributed by atoms with Crippen molar-refractivity contribution in [2.24, 2.45) is 7.05 Å². The Morgan fingerprint density at radius 2 is 1.97 bits per heavy atom. The number of ether oxygens (including phenoxy) is 1. The van der Waals surface area contributed by atoms with Crippen molar-refractivity contribution in [1.29, 1.82) is 0 Å². The molecule has 1 aliphatic rings. The van der Waals surface area contributed by atoms with E-state index < -0.39 is 5.97 Å². The van der Waals surface area contributed by atoms with Crippen LogP contribution in [0.4, 0.5) is 5.00 Å². The molecule has 30 heavy (non-hydrogen) atoms. The molecule has 1 amide bonds. The number of carbonyl (C=O) groups is 2. The number of nitrogens with one attached hydrogen (secondary N) is 1. The summed E-state index contributed by atoms with van der Waals surface area (Å²) < 4.78 is 6.83. The zero-order valence-electron chi connectivity index (χ0n) is 16.8. The van der Waals surface area contributed by atoms with Gasteiger partial charge < -0.3 is 14.6 Å². The highest BCUT2D eigenvalue weighted by Crippen LogP contribution is 2.38. The molecule has 0 fully saturated rings. The number of fused-ring (bicyclic) bond motifs is 1. The lowest BCUT2D eigenvalue weighted by Crippen LogP contribution is -2.16. The topological polar surface area (TPSA) is 86.1 Å². The third-order valence-corrected chi connectivity index (χ3v) is 7.24. The molecule has 156 valence electrons. The summed E-state index contributed by atoms with van der Waals surface area (Å²) in [4.78, 5) is 26.1. The minimum absolute atomic E-state index is 0.171. The SMILES string of the molecule is COC(=O)c1c(NC(=O)CSc2nnc(-c3ccccc3)n2C)sc2c1CCCC2. The number of aromatic nitrogens is 3. The van der Waals surface area contributed by atoms with Gasteiger partial charge in [0.2, 0.25) is 5.91 Å². The number of methoxy groups -OCH3 is 1. The highest BCUT2D eigenvalue weighted by Gasteiger charge is 2.27. The van der Waals surface area contributed by atoms with E-state index in [0.717, 1.165) is 42.6 Å². The smallest absolute Gasteiger partial charge is 0.341 e. The molecule has 9 heteroatoms. The minimum Gasteiger partial charge on any atom is -0.465 e. The number of hydrogen-bond acceptors (Lipinski definition) is 7. The van der Waals surface area contributed by atoms with Gasteiger partial charge in [-0.3, -0.25) is 4.79 Å². The Balaban J connectivity index is 1.46. The Bertz CT molecular complexity index is 1080. The number of benzene rings is 1. The lowest BCUT2D eigenvalue weighted by molar-refractivity contribution is -0.113. The summed E-state index contributed by atoms with van der Waals surface area (Å²) in [6.45, 7) is 0. The standard InChI is InChI=1S/C21H22N4O3S2/c1-25-18(13-8-4-3-5-9-13)23-24-21(25)29-12-16(26)22-19-17(20(27)28-2)14-10-6-7-11-15(14)30-19/h3-5,8-9H,6-7,10-12H2,1-2H3,(H,22,26). The average Bonchev–Trinajstić information content (AvgIpc) is 3.32. The van der Waals surface area contributed by atoms with Gasteiger partial charge in [-0.05, 0) is 31.2 Å². The van der Waals surface area contributed by atoms with Crippen molar-refractivity contribution in [3.05, 3.63) is 46.3 Å². The summed E-state index contributed by atoms with van der Waals surface area (Å²) in [5.41, 5.74) is 2.51. The maximum Gasteiger partial charge on any atom is 0.341 e. The van der Waals surface area contributed by atoms with Gasteiger partial charge in [0.05, 0.1) is 18.4 Å².